The van der Waals surface area contributed by atoms with Crippen LogP contribution in [-0.2, 0) is 0 Å². The maximum atomic E-state index is 5.93. The van der Waals surface area contributed by atoms with E-state index in [0.717, 1.165) is 5.56 Å². The van der Waals surface area contributed by atoms with Crippen LogP contribution in [0.3, 0.4) is 0 Å². The summed E-state index contributed by atoms with van der Waals surface area (Å²) in [6, 6.07) is 3.37. The Morgan fingerprint density at radius 1 is 1.23 bits per heavy atom. The van der Waals surface area contributed by atoms with Gasteiger partial charge in [0.2, 0.25) is 0 Å². The van der Waals surface area contributed by atoms with Crippen LogP contribution in [0.1, 0.15) is 5.56 Å². The summed E-state index contributed by atoms with van der Waals surface area (Å²) in [5.41, 5.74) is 0.813. The van der Waals surface area contributed by atoms with E-state index in [1.54, 1.807) is 12.1 Å². The molecule has 1 aromatic rings. The molecule has 0 aliphatic carbocycles. The summed E-state index contributed by atoms with van der Waals surface area (Å²) >= 11 is 21.6. The normalized spacial score (nSPS) is 11.1. The van der Waals surface area contributed by atoms with Gasteiger partial charge in [-0.3, -0.25) is 0 Å². The third-order valence-corrected chi connectivity index (χ3v) is 2.67. The van der Waals surface area contributed by atoms with Crippen LogP contribution in [-0.4, -0.2) is 5.75 Å². The van der Waals surface area contributed by atoms with Crippen LogP contribution in [0, 0.1) is 0 Å². The van der Waals surface area contributed by atoms with Gasteiger partial charge in [-0.25, -0.2) is 0 Å². The second-order valence-electron chi connectivity index (χ2n) is 2.38. The largest absolute Gasteiger partial charge is 0.175 e. The number of halogens is 3. The molecule has 0 atom stereocenters. The van der Waals surface area contributed by atoms with Crippen molar-refractivity contribution in [3.63, 3.8) is 0 Å². The highest BCUT2D eigenvalue weighted by atomic mass is 35.5. The highest BCUT2D eigenvalue weighted by Gasteiger charge is 2.03. The van der Waals surface area contributed by atoms with Gasteiger partial charge in [0.15, 0.2) is 0 Å². The molecule has 0 aromatic heterocycles. The standard InChI is InChI=1S/C9H7Cl3S/c10-7-4-6(2-1-3-13)9(12)8(11)5-7/h1-2,4-5,13H,3H2. The van der Waals surface area contributed by atoms with E-state index < -0.39 is 0 Å². The average molecular weight is 254 g/mol. The summed E-state index contributed by atoms with van der Waals surface area (Å²) in [5, 5.41) is 1.56. The molecule has 70 valence electrons. The maximum absolute atomic E-state index is 5.93. The van der Waals surface area contributed by atoms with E-state index in [2.05, 4.69) is 12.6 Å². The summed E-state index contributed by atoms with van der Waals surface area (Å²) < 4.78 is 0. The lowest BCUT2D eigenvalue weighted by molar-refractivity contribution is 1.64. The first-order chi connectivity index (χ1) is 6.15. The zero-order valence-corrected chi connectivity index (χ0v) is 9.76. The monoisotopic (exact) mass is 252 g/mol. The van der Waals surface area contributed by atoms with Gasteiger partial charge >= 0.3 is 0 Å². The van der Waals surface area contributed by atoms with Gasteiger partial charge in [-0.05, 0) is 17.7 Å². The molecule has 0 saturated heterocycles. The Labute approximate surface area is 97.9 Å². The maximum Gasteiger partial charge on any atom is 0.0665 e. The van der Waals surface area contributed by atoms with Crippen molar-refractivity contribution in [2.75, 3.05) is 5.75 Å². The molecule has 0 aliphatic rings. The molecular weight excluding hydrogens is 247 g/mol. The van der Waals surface area contributed by atoms with Crippen molar-refractivity contribution in [3.05, 3.63) is 38.8 Å². The molecule has 0 bridgehead atoms. The molecule has 0 radical (unpaired) electrons. The zero-order valence-electron chi connectivity index (χ0n) is 6.60. The van der Waals surface area contributed by atoms with Gasteiger partial charge in [-0.1, -0.05) is 47.0 Å². The molecule has 0 saturated carbocycles. The summed E-state index contributed by atoms with van der Waals surface area (Å²) in [5.74, 6) is 0.653. The van der Waals surface area contributed by atoms with E-state index in [0.29, 0.717) is 20.8 Å². The minimum absolute atomic E-state index is 0.466. The Bertz CT molecular complexity index is 334. The lowest BCUT2D eigenvalue weighted by Gasteiger charge is -2.01. The third kappa shape index (κ3) is 3.10. The fourth-order valence-electron chi connectivity index (χ4n) is 0.877. The second kappa shape index (κ2) is 5.16. The van der Waals surface area contributed by atoms with Gasteiger partial charge < -0.3 is 0 Å². The first kappa shape index (κ1) is 11.3. The van der Waals surface area contributed by atoms with Crippen molar-refractivity contribution < 1.29 is 0 Å². The van der Waals surface area contributed by atoms with Crippen LogP contribution in [0.25, 0.3) is 6.08 Å². The lowest BCUT2D eigenvalue weighted by atomic mass is 10.2. The van der Waals surface area contributed by atoms with Crippen LogP contribution < -0.4 is 0 Å². The molecule has 0 aliphatic heterocycles. The molecule has 0 spiro atoms. The Morgan fingerprint density at radius 2 is 1.92 bits per heavy atom. The van der Waals surface area contributed by atoms with Crippen LogP contribution >= 0.6 is 47.4 Å². The molecule has 13 heavy (non-hydrogen) atoms. The first-order valence-corrected chi connectivity index (χ1v) is 5.33. The summed E-state index contributed by atoms with van der Waals surface area (Å²) in [6.07, 6.45) is 3.71. The minimum atomic E-state index is 0.466. The molecule has 0 amide bonds. The molecule has 0 nitrogen and oxygen atoms in total. The number of hydrogen-bond donors (Lipinski definition) is 1. The highest BCUT2D eigenvalue weighted by Crippen LogP contribution is 2.30. The predicted octanol–water partition coefficient (Wildman–Crippen LogP) is 4.59. The molecule has 0 N–H and O–H groups in total. The number of hydrogen-bond acceptors (Lipinski definition) is 1. The lowest BCUT2D eigenvalue weighted by Crippen LogP contribution is -1.78. The Kier molecular flexibility index (Phi) is 4.47. The van der Waals surface area contributed by atoms with Gasteiger partial charge in [0.25, 0.3) is 0 Å². The van der Waals surface area contributed by atoms with Crippen LogP contribution in [0.15, 0.2) is 18.2 Å². The van der Waals surface area contributed by atoms with Gasteiger partial charge in [-0.15, -0.1) is 0 Å². The Morgan fingerprint density at radius 3 is 2.54 bits per heavy atom. The molecule has 0 unspecified atom stereocenters. The number of benzene rings is 1. The third-order valence-electron chi connectivity index (χ3n) is 1.42. The number of thiol groups is 1. The summed E-state index contributed by atoms with van der Waals surface area (Å²) in [7, 11) is 0. The smallest absolute Gasteiger partial charge is 0.0665 e. The van der Waals surface area contributed by atoms with Crippen molar-refractivity contribution >= 4 is 53.5 Å². The fraction of sp³-hybridized carbons (Fsp3) is 0.111. The second-order valence-corrected chi connectivity index (χ2v) is 3.96. The molecule has 4 heteroatoms. The van der Waals surface area contributed by atoms with Gasteiger partial charge in [0, 0.05) is 10.8 Å². The van der Waals surface area contributed by atoms with Gasteiger partial charge in [0.05, 0.1) is 10.0 Å². The Balaban J connectivity index is 3.12. The predicted molar refractivity (Wildman–Crippen MR) is 64.4 cm³/mol. The molecule has 1 aromatic carbocycles. The van der Waals surface area contributed by atoms with Crippen molar-refractivity contribution in [2.45, 2.75) is 0 Å². The topological polar surface area (TPSA) is 0 Å². The van der Waals surface area contributed by atoms with E-state index >= 15 is 0 Å². The van der Waals surface area contributed by atoms with Crippen molar-refractivity contribution in [3.8, 4) is 0 Å². The SMILES string of the molecule is SCC=Cc1cc(Cl)cc(Cl)c1Cl. The first-order valence-electron chi connectivity index (χ1n) is 3.57. The van der Waals surface area contributed by atoms with Crippen molar-refractivity contribution in [1.82, 2.24) is 0 Å². The summed E-state index contributed by atoms with van der Waals surface area (Å²) in [4.78, 5) is 0. The van der Waals surface area contributed by atoms with Crippen LogP contribution in [0.2, 0.25) is 15.1 Å². The van der Waals surface area contributed by atoms with E-state index in [1.807, 2.05) is 12.2 Å². The minimum Gasteiger partial charge on any atom is -0.175 e. The molecular formula is C9H7Cl3S. The average Bonchev–Trinajstić information content (AvgIpc) is 2.09. The van der Waals surface area contributed by atoms with Crippen molar-refractivity contribution in [1.29, 1.82) is 0 Å². The zero-order chi connectivity index (χ0) is 9.84. The summed E-state index contributed by atoms with van der Waals surface area (Å²) in [6.45, 7) is 0. The van der Waals surface area contributed by atoms with Gasteiger partial charge in [0.1, 0.15) is 0 Å². The van der Waals surface area contributed by atoms with Gasteiger partial charge in [-0.2, -0.15) is 12.6 Å². The molecule has 0 heterocycles. The van der Waals surface area contributed by atoms with E-state index in [-0.39, 0.29) is 0 Å². The fourth-order valence-corrected chi connectivity index (χ4v) is 1.66. The Hall–Kier alpha value is 0.180. The molecule has 0 fully saturated rings. The van der Waals surface area contributed by atoms with E-state index in [9.17, 15) is 0 Å². The van der Waals surface area contributed by atoms with Crippen molar-refractivity contribution in [2.24, 2.45) is 0 Å². The van der Waals surface area contributed by atoms with Crippen LogP contribution in [0.4, 0.5) is 0 Å². The quantitative estimate of drug-likeness (QED) is 0.578. The molecule has 1 rings (SSSR count). The number of rotatable bonds is 2. The van der Waals surface area contributed by atoms with E-state index in [4.69, 9.17) is 34.8 Å². The van der Waals surface area contributed by atoms with Crippen LogP contribution in [0.5, 0.6) is 0 Å². The van der Waals surface area contributed by atoms with E-state index in [1.165, 1.54) is 0 Å². The highest BCUT2D eigenvalue weighted by molar-refractivity contribution is 7.80.